The van der Waals surface area contributed by atoms with Crippen LogP contribution in [0.15, 0.2) is 58.4 Å². The van der Waals surface area contributed by atoms with Gasteiger partial charge in [-0.05, 0) is 62.9 Å². The highest BCUT2D eigenvalue weighted by Gasteiger charge is 2.10. The van der Waals surface area contributed by atoms with Gasteiger partial charge in [0.25, 0.3) is 0 Å². The maximum Gasteiger partial charge on any atom is 0.191 e. The Morgan fingerprint density at radius 2 is 1.68 bits per heavy atom. The van der Waals surface area contributed by atoms with Crippen molar-refractivity contribution >= 4 is 15.8 Å². The van der Waals surface area contributed by atoms with Crippen molar-refractivity contribution < 1.29 is 13.2 Å². The minimum atomic E-state index is -3.16. The molecule has 0 saturated carbocycles. The molecule has 6 nitrogen and oxygen atoms in total. The number of aliphatic imine (C=N–C) groups is 1. The summed E-state index contributed by atoms with van der Waals surface area (Å²) in [6, 6.07) is 15.3. The molecule has 170 valence electrons. The van der Waals surface area contributed by atoms with Crippen LogP contribution in [0.2, 0.25) is 0 Å². The van der Waals surface area contributed by atoms with Crippen molar-refractivity contribution in [2.45, 2.75) is 57.8 Å². The number of rotatable bonds is 9. The van der Waals surface area contributed by atoms with E-state index in [9.17, 15) is 8.42 Å². The molecule has 0 saturated heterocycles. The number of benzene rings is 2. The highest BCUT2D eigenvalue weighted by atomic mass is 32.2. The molecule has 0 atom stereocenters. The summed E-state index contributed by atoms with van der Waals surface area (Å²) in [5.41, 5.74) is 3.17. The van der Waals surface area contributed by atoms with Gasteiger partial charge in [-0.1, -0.05) is 36.4 Å². The molecule has 0 fully saturated rings. The van der Waals surface area contributed by atoms with Gasteiger partial charge in [0, 0.05) is 19.3 Å². The van der Waals surface area contributed by atoms with Crippen LogP contribution < -0.4 is 10.6 Å². The SMILES string of the molecule is CCNC(=NCc1cccc(COC(C)(C)C)c1)NCCc1ccc(S(C)(=O)=O)cc1. The maximum atomic E-state index is 11.6. The molecule has 2 N–H and O–H groups in total. The van der Waals surface area contributed by atoms with Crippen molar-refractivity contribution in [3.63, 3.8) is 0 Å². The van der Waals surface area contributed by atoms with Gasteiger partial charge in [-0.25, -0.2) is 13.4 Å². The molecule has 0 aliphatic rings. The minimum absolute atomic E-state index is 0.165. The van der Waals surface area contributed by atoms with Crippen molar-refractivity contribution in [3.8, 4) is 0 Å². The van der Waals surface area contributed by atoms with E-state index in [0.717, 1.165) is 35.6 Å². The average molecular weight is 446 g/mol. The number of nitrogens with zero attached hydrogens (tertiary/aromatic N) is 1. The first-order valence-corrected chi connectivity index (χ1v) is 12.5. The largest absolute Gasteiger partial charge is 0.371 e. The van der Waals surface area contributed by atoms with Crippen molar-refractivity contribution in [3.05, 3.63) is 65.2 Å². The third-order valence-electron chi connectivity index (χ3n) is 4.48. The van der Waals surface area contributed by atoms with Gasteiger partial charge in [0.2, 0.25) is 0 Å². The van der Waals surface area contributed by atoms with E-state index in [1.165, 1.54) is 6.26 Å². The van der Waals surface area contributed by atoms with Crippen LogP contribution in [0, 0.1) is 0 Å². The number of guanidine groups is 1. The molecule has 2 rings (SSSR count). The summed E-state index contributed by atoms with van der Waals surface area (Å²) in [5.74, 6) is 0.756. The lowest BCUT2D eigenvalue weighted by molar-refractivity contribution is -0.0149. The third kappa shape index (κ3) is 9.53. The van der Waals surface area contributed by atoms with E-state index in [2.05, 4.69) is 54.6 Å². The van der Waals surface area contributed by atoms with Gasteiger partial charge in [0.05, 0.1) is 23.6 Å². The van der Waals surface area contributed by atoms with Crippen LogP contribution in [0.4, 0.5) is 0 Å². The Labute approximate surface area is 187 Å². The predicted molar refractivity (Wildman–Crippen MR) is 127 cm³/mol. The first kappa shape index (κ1) is 24.9. The molecule has 7 heteroatoms. The van der Waals surface area contributed by atoms with E-state index in [1.54, 1.807) is 12.1 Å². The molecular weight excluding hydrogens is 410 g/mol. The van der Waals surface area contributed by atoms with Gasteiger partial charge in [-0.2, -0.15) is 0 Å². The van der Waals surface area contributed by atoms with Crippen molar-refractivity contribution in [1.29, 1.82) is 0 Å². The van der Waals surface area contributed by atoms with E-state index in [1.807, 2.05) is 25.1 Å². The number of hydrogen-bond donors (Lipinski definition) is 2. The Hall–Kier alpha value is -2.38. The molecule has 0 bridgehead atoms. The summed E-state index contributed by atoms with van der Waals surface area (Å²) >= 11 is 0. The standard InChI is InChI=1S/C24H35N3O3S/c1-6-25-23(26-15-14-19-10-12-22(13-11-19)31(5,28)29)27-17-20-8-7-9-21(16-20)18-30-24(2,3)4/h7-13,16H,6,14-15,17-18H2,1-5H3,(H2,25,26,27). The number of sulfone groups is 1. The molecule has 0 aliphatic carbocycles. The Kier molecular flexibility index (Phi) is 9.07. The van der Waals surface area contributed by atoms with Crippen LogP contribution in [0.25, 0.3) is 0 Å². The molecule has 0 amide bonds. The lowest BCUT2D eigenvalue weighted by Crippen LogP contribution is -2.38. The van der Waals surface area contributed by atoms with E-state index in [0.29, 0.717) is 24.6 Å². The average Bonchev–Trinajstić information content (AvgIpc) is 2.70. The Bertz CT molecular complexity index is 962. The fraction of sp³-hybridized carbons (Fsp3) is 0.458. The fourth-order valence-electron chi connectivity index (χ4n) is 2.86. The lowest BCUT2D eigenvalue weighted by Gasteiger charge is -2.19. The summed E-state index contributed by atoms with van der Waals surface area (Å²) in [5, 5.41) is 6.60. The summed E-state index contributed by atoms with van der Waals surface area (Å²) in [6.45, 7) is 10.8. The summed E-state index contributed by atoms with van der Waals surface area (Å²) in [4.78, 5) is 5.03. The minimum Gasteiger partial charge on any atom is -0.371 e. The Balaban J connectivity index is 1.91. The van der Waals surface area contributed by atoms with E-state index in [4.69, 9.17) is 4.74 Å². The predicted octanol–water partition coefficient (Wildman–Crippen LogP) is 3.70. The summed E-state index contributed by atoms with van der Waals surface area (Å²) < 4.78 is 29.0. The van der Waals surface area contributed by atoms with Crippen molar-refractivity contribution in [2.75, 3.05) is 19.3 Å². The van der Waals surface area contributed by atoms with Crippen LogP contribution in [0.1, 0.15) is 44.4 Å². The number of ether oxygens (including phenoxy) is 1. The quantitative estimate of drug-likeness (QED) is 0.454. The van der Waals surface area contributed by atoms with E-state index in [-0.39, 0.29) is 5.60 Å². The van der Waals surface area contributed by atoms with Crippen LogP contribution in [0.5, 0.6) is 0 Å². The van der Waals surface area contributed by atoms with Crippen LogP contribution in [-0.2, 0) is 34.1 Å². The first-order chi connectivity index (χ1) is 14.6. The molecule has 0 unspecified atom stereocenters. The van der Waals surface area contributed by atoms with Gasteiger partial charge in [-0.15, -0.1) is 0 Å². The number of hydrogen-bond acceptors (Lipinski definition) is 4. The zero-order valence-electron chi connectivity index (χ0n) is 19.2. The molecule has 0 aromatic heterocycles. The monoisotopic (exact) mass is 445 g/mol. The molecule has 0 radical (unpaired) electrons. The zero-order valence-corrected chi connectivity index (χ0v) is 20.1. The Morgan fingerprint density at radius 1 is 1.00 bits per heavy atom. The highest BCUT2D eigenvalue weighted by molar-refractivity contribution is 7.90. The maximum absolute atomic E-state index is 11.6. The second-order valence-electron chi connectivity index (χ2n) is 8.51. The molecule has 0 heterocycles. The smallest absolute Gasteiger partial charge is 0.191 e. The van der Waals surface area contributed by atoms with E-state index < -0.39 is 9.84 Å². The normalized spacial score (nSPS) is 12.6. The van der Waals surface area contributed by atoms with Crippen molar-refractivity contribution in [1.82, 2.24) is 10.6 Å². The lowest BCUT2D eigenvalue weighted by atomic mass is 10.1. The van der Waals surface area contributed by atoms with Crippen LogP contribution in [0.3, 0.4) is 0 Å². The second-order valence-corrected chi connectivity index (χ2v) is 10.5. The third-order valence-corrected chi connectivity index (χ3v) is 5.61. The van der Waals surface area contributed by atoms with Gasteiger partial charge in [0.1, 0.15) is 0 Å². The van der Waals surface area contributed by atoms with Crippen LogP contribution in [-0.4, -0.2) is 39.3 Å². The number of nitrogens with one attached hydrogen (secondary N) is 2. The second kappa shape index (κ2) is 11.3. The molecule has 0 spiro atoms. The first-order valence-electron chi connectivity index (χ1n) is 10.6. The molecule has 0 aliphatic heterocycles. The van der Waals surface area contributed by atoms with Gasteiger partial charge < -0.3 is 15.4 Å². The topological polar surface area (TPSA) is 79.8 Å². The van der Waals surface area contributed by atoms with Gasteiger partial charge in [0.15, 0.2) is 15.8 Å². The molecule has 2 aromatic rings. The fourth-order valence-corrected chi connectivity index (χ4v) is 3.49. The highest BCUT2D eigenvalue weighted by Crippen LogP contribution is 2.14. The van der Waals surface area contributed by atoms with Crippen molar-refractivity contribution in [2.24, 2.45) is 4.99 Å². The van der Waals surface area contributed by atoms with Gasteiger partial charge in [-0.3, -0.25) is 0 Å². The summed E-state index contributed by atoms with van der Waals surface area (Å²) in [6.07, 6.45) is 1.99. The zero-order chi connectivity index (χ0) is 22.9. The molecule has 2 aromatic carbocycles. The summed E-state index contributed by atoms with van der Waals surface area (Å²) in [7, 11) is -3.16. The van der Waals surface area contributed by atoms with E-state index >= 15 is 0 Å². The molecule has 31 heavy (non-hydrogen) atoms. The molecular formula is C24H35N3O3S. The Morgan fingerprint density at radius 3 is 2.29 bits per heavy atom. The van der Waals surface area contributed by atoms with Gasteiger partial charge >= 0.3 is 0 Å². The van der Waals surface area contributed by atoms with Crippen LogP contribution >= 0.6 is 0 Å².